The Morgan fingerprint density at radius 1 is 1.90 bits per heavy atom. The molecule has 1 aliphatic rings. The molecule has 0 radical (unpaired) electrons. The van der Waals surface area contributed by atoms with Crippen molar-refractivity contribution in [1.29, 1.82) is 0 Å². The molecule has 2 atom stereocenters. The summed E-state index contributed by atoms with van der Waals surface area (Å²) in [6.45, 7) is 1.91. The van der Waals surface area contributed by atoms with Crippen LogP contribution in [0.15, 0.2) is 17.5 Å². The molecule has 4 nitrogen and oxygen atoms in total. The number of nitrogens with two attached hydrogens (primary N) is 1. The van der Waals surface area contributed by atoms with Crippen molar-refractivity contribution < 1.29 is 4.74 Å². The van der Waals surface area contributed by atoms with E-state index < -0.39 is 5.54 Å². The molecule has 0 aromatic carbocycles. The molecule has 0 aromatic heterocycles. The highest BCUT2D eigenvalue weighted by Crippen LogP contribution is 2.19. The summed E-state index contributed by atoms with van der Waals surface area (Å²) in [5.41, 5.74) is 5.16. The summed E-state index contributed by atoms with van der Waals surface area (Å²) in [5.74, 6) is 0. The van der Waals surface area contributed by atoms with E-state index in [1.165, 1.54) is 6.26 Å². The molecule has 0 saturated heterocycles. The highest BCUT2D eigenvalue weighted by molar-refractivity contribution is 5.10. The topological polar surface area (TPSA) is 64.7 Å². The van der Waals surface area contributed by atoms with Gasteiger partial charge in [0.25, 0.3) is 0 Å². The molecule has 0 fully saturated rings. The number of hydrogen-bond donors (Lipinski definition) is 1. The minimum Gasteiger partial charge on any atom is -0.494 e. The molecule has 0 aromatic rings. The van der Waals surface area contributed by atoms with E-state index in [0.29, 0.717) is 0 Å². The highest BCUT2D eigenvalue weighted by atomic mass is 16.5. The Bertz CT molecular complexity index is 165. The number of rotatable bonds is 2. The minimum absolute atomic E-state index is 0.111. The van der Waals surface area contributed by atoms with Crippen molar-refractivity contribution in [2.24, 2.45) is 10.9 Å². The first-order valence-electron chi connectivity index (χ1n) is 3.08. The van der Waals surface area contributed by atoms with E-state index in [1.807, 2.05) is 0 Å². The molecule has 4 heteroatoms. The predicted molar refractivity (Wildman–Crippen MR) is 37.3 cm³/mol. The second kappa shape index (κ2) is 2.38. The molecule has 56 valence electrons. The van der Waals surface area contributed by atoms with Gasteiger partial charge in [-0.1, -0.05) is 5.18 Å². The van der Waals surface area contributed by atoms with Crippen molar-refractivity contribution in [3.8, 4) is 0 Å². The average Bonchev–Trinajstić information content (AvgIpc) is 2.13. The molecule has 0 aliphatic carbocycles. The van der Waals surface area contributed by atoms with Gasteiger partial charge in [0.15, 0.2) is 0 Å². The van der Waals surface area contributed by atoms with Crippen LogP contribution in [0.4, 0.5) is 0 Å². The zero-order valence-corrected chi connectivity index (χ0v) is 5.78. The quantitative estimate of drug-likeness (QED) is 0.567. The standard InChI is InChI=1S/C6H10N2O2/c1-6(7)2-3-10-5(6)4-8-9/h2-3,5H,4,7H2,1H3/t5?,6-/m1/s1. The SMILES string of the molecule is C[C@@]1(N)C=COC1CN=O. The number of hydrogen-bond acceptors (Lipinski definition) is 4. The fourth-order valence-electron chi connectivity index (χ4n) is 0.842. The first-order valence-corrected chi connectivity index (χ1v) is 3.08. The molecule has 0 bridgehead atoms. The van der Waals surface area contributed by atoms with Gasteiger partial charge in [-0.15, -0.1) is 0 Å². The largest absolute Gasteiger partial charge is 0.494 e. The third kappa shape index (κ3) is 1.16. The Labute approximate surface area is 59.0 Å². The van der Waals surface area contributed by atoms with Crippen molar-refractivity contribution in [3.63, 3.8) is 0 Å². The molecule has 0 spiro atoms. The minimum atomic E-state index is -0.534. The maximum atomic E-state index is 9.84. The van der Waals surface area contributed by atoms with Crippen LogP contribution in [0.2, 0.25) is 0 Å². The number of ether oxygens (including phenoxy) is 1. The van der Waals surface area contributed by atoms with Gasteiger partial charge in [-0.3, -0.25) is 0 Å². The third-order valence-electron chi connectivity index (χ3n) is 1.60. The lowest BCUT2D eigenvalue weighted by molar-refractivity contribution is 0.133. The second-order valence-electron chi connectivity index (χ2n) is 2.61. The van der Waals surface area contributed by atoms with Crippen LogP contribution in [0.1, 0.15) is 6.92 Å². The average molecular weight is 142 g/mol. The molecule has 0 amide bonds. The molecule has 1 heterocycles. The zero-order valence-electron chi connectivity index (χ0n) is 5.78. The van der Waals surface area contributed by atoms with E-state index in [1.54, 1.807) is 13.0 Å². The van der Waals surface area contributed by atoms with Gasteiger partial charge in [-0.2, -0.15) is 4.91 Å². The van der Waals surface area contributed by atoms with Crippen LogP contribution in [0.25, 0.3) is 0 Å². The fraction of sp³-hybridized carbons (Fsp3) is 0.667. The van der Waals surface area contributed by atoms with Crippen molar-refractivity contribution in [1.82, 2.24) is 0 Å². The van der Waals surface area contributed by atoms with Crippen LogP contribution in [0, 0.1) is 4.91 Å². The molecule has 1 rings (SSSR count). The monoisotopic (exact) mass is 142 g/mol. The molecular formula is C6H10N2O2. The molecular weight excluding hydrogens is 132 g/mol. The van der Waals surface area contributed by atoms with Crippen molar-refractivity contribution in [3.05, 3.63) is 17.2 Å². The summed E-state index contributed by atoms with van der Waals surface area (Å²) in [6.07, 6.45) is 2.95. The second-order valence-corrected chi connectivity index (χ2v) is 2.61. The first-order chi connectivity index (χ1) is 4.67. The molecule has 1 aliphatic heterocycles. The zero-order chi connectivity index (χ0) is 7.61. The lowest BCUT2D eigenvalue weighted by Crippen LogP contribution is -2.45. The van der Waals surface area contributed by atoms with Crippen LogP contribution in [0.5, 0.6) is 0 Å². The Balaban J connectivity index is 2.56. The van der Waals surface area contributed by atoms with Gasteiger partial charge >= 0.3 is 0 Å². The van der Waals surface area contributed by atoms with Crippen molar-refractivity contribution in [2.45, 2.75) is 18.6 Å². The molecule has 0 saturated carbocycles. The van der Waals surface area contributed by atoms with E-state index >= 15 is 0 Å². The van der Waals surface area contributed by atoms with Gasteiger partial charge in [0.2, 0.25) is 0 Å². The summed E-state index contributed by atoms with van der Waals surface area (Å²) in [6, 6.07) is 0. The summed E-state index contributed by atoms with van der Waals surface area (Å²) in [4.78, 5) is 9.84. The summed E-state index contributed by atoms with van der Waals surface area (Å²) < 4.78 is 5.01. The summed E-state index contributed by atoms with van der Waals surface area (Å²) in [7, 11) is 0. The van der Waals surface area contributed by atoms with Crippen molar-refractivity contribution >= 4 is 0 Å². The van der Waals surface area contributed by atoms with Crippen LogP contribution < -0.4 is 5.73 Å². The van der Waals surface area contributed by atoms with E-state index in [9.17, 15) is 4.91 Å². The number of nitroso groups, excluding NO2 is 1. The predicted octanol–water partition coefficient (Wildman–Crippen LogP) is 0.383. The van der Waals surface area contributed by atoms with Crippen LogP contribution in [0.3, 0.4) is 0 Å². The third-order valence-corrected chi connectivity index (χ3v) is 1.60. The summed E-state index contributed by atoms with van der Waals surface area (Å²) >= 11 is 0. The van der Waals surface area contributed by atoms with Crippen LogP contribution in [-0.4, -0.2) is 18.2 Å². The van der Waals surface area contributed by atoms with E-state index in [0.717, 1.165) is 0 Å². The maximum Gasteiger partial charge on any atom is 0.142 e. The fourth-order valence-corrected chi connectivity index (χ4v) is 0.842. The van der Waals surface area contributed by atoms with E-state index in [-0.39, 0.29) is 12.6 Å². The Morgan fingerprint density at radius 3 is 3.00 bits per heavy atom. The lowest BCUT2D eigenvalue weighted by Gasteiger charge is -2.21. The van der Waals surface area contributed by atoms with E-state index in [2.05, 4.69) is 5.18 Å². The van der Waals surface area contributed by atoms with Gasteiger partial charge in [-0.05, 0) is 13.0 Å². The highest BCUT2D eigenvalue weighted by Gasteiger charge is 2.33. The molecule has 1 unspecified atom stereocenters. The molecule has 2 N–H and O–H groups in total. The molecule has 10 heavy (non-hydrogen) atoms. The van der Waals surface area contributed by atoms with E-state index in [4.69, 9.17) is 10.5 Å². The van der Waals surface area contributed by atoms with Gasteiger partial charge in [-0.25, -0.2) is 0 Å². The Hall–Kier alpha value is -0.900. The van der Waals surface area contributed by atoms with Gasteiger partial charge < -0.3 is 10.5 Å². The smallest absolute Gasteiger partial charge is 0.142 e. The van der Waals surface area contributed by atoms with Crippen molar-refractivity contribution in [2.75, 3.05) is 6.54 Å². The van der Waals surface area contributed by atoms with Gasteiger partial charge in [0, 0.05) is 0 Å². The van der Waals surface area contributed by atoms with Crippen LogP contribution in [-0.2, 0) is 4.74 Å². The normalized spacial score (nSPS) is 37.6. The lowest BCUT2D eigenvalue weighted by atomic mass is 9.98. The van der Waals surface area contributed by atoms with Gasteiger partial charge in [0.05, 0.1) is 11.8 Å². The summed E-state index contributed by atoms with van der Waals surface area (Å²) in [5, 5.41) is 2.72. The Kier molecular flexibility index (Phi) is 1.72. The van der Waals surface area contributed by atoms with Gasteiger partial charge in [0.1, 0.15) is 12.6 Å². The first kappa shape index (κ1) is 7.21. The number of nitrogens with zero attached hydrogens (tertiary/aromatic N) is 1. The van der Waals surface area contributed by atoms with Crippen LogP contribution >= 0.6 is 0 Å². The Morgan fingerprint density at radius 2 is 2.60 bits per heavy atom. The maximum absolute atomic E-state index is 9.84.